The highest BCUT2D eigenvalue weighted by molar-refractivity contribution is 7.98. The van der Waals surface area contributed by atoms with Crippen molar-refractivity contribution in [2.24, 2.45) is 7.05 Å². The minimum atomic E-state index is -1.06. The number of aryl methyl sites for hydroxylation is 2. The van der Waals surface area contributed by atoms with Crippen molar-refractivity contribution in [1.82, 2.24) is 19.7 Å². The number of hydrogen-bond acceptors (Lipinski definition) is 7. The number of carbonyl (C=O) groups is 1. The molecule has 0 saturated heterocycles. The summed E-state index contributed by atoms with van der Waals surface area (Å²) in [4.78, 5) is 20.7. The van der Waals surface area contributed by atoms with Crippen LogP contribution in [-0.4, -0.2) is 31.4 Å². The van der Waals surface area contributed by atoms with Crippen LogP contribution in [0, 0.1) is 0 Å². The summed E-state index contributed by atoms with van der Waals surface area (Å²) in [7, 11) is 1.83. The molecule has 0 unspecified atom stereocenters. The third kappa shape index (κ3) is 4.60. The van der Waals surface area contributed by atoms with Crippen LogP contribution in [0.5, 0.6) is 11.6 Å². The van der Waals surface area contributed by atoms with E-state index in [1.807, 2.05) is 19.3 Å². The molecular weight excluding hydrogens is 407 g/mol. The Morgan fingerprint density at radius 1 is 1.33 bits per heavy atom. The molecule has 0 saturated carbocycles. The zero-order chi connectivity index (χ0) is 21.1. The fraction of sp³-hybridized carbons (Fsp3) is 0.200. The summed E-state index contributed by atoms with van der Waals surface area (Å²) in [6, 6.07) is 8.48. The number of rotatable bonds is 6. The van der Waals surface area contributed by atoms with Crippen molar-refractivity contribution < 1.29 is 13.9 Å². The number of fused-ring (bicyclic) bond motifs is 1. The Kier molecular flexibility index (Phi) is 5.66. The van der Waals surface area contributed by atoms with Gasteiger partial charge in [-0.15, -0.1) is 0 Å². The lowest BCUT2D eigenvalue weighted by Gasteiger charge is -2.19. The number of ether oxygens (including phenoxy) is 1. The summed E-state index contributed by atoms with van der Waals surface area (Å²) in [5.74, 6) is 1.67. The van der Waals surface area contributed by atoms with Crippen LogP contribution in [0.2, 0.25) is 0 Å². The number of hydrogen-bond donors (Lipinski definition) is 2. The van der Waals surface area contributed by atoms with Gasteiger partial charge in [0.15, 0.2) is 11.6 Å². The van der Waals surface area contributed by atoms with Crippen LogP contribution in [-0.2, 0) is 24.0 Å². The second-order valence-corrected chi connectivity index (χ2v) is 7.67. The quantitative estimate of drug-likeness (QED) is 0.576. The number of amides is 1. The molecule has 4 rings (SSSR count). The van der Waals surface area contributed by atoms with E-state index in [4.69, 9.17) is 4.74 Å². The molecule has 154 valence electrons. The van der Waals surface area contributed by atoms with Gasteiger partial charge < -0.3 is 15.4 Å². The van der Waals surface area contributed by atoms with E-state index in [2.05, 4.69) is 32.3 Å². The standard InChI is InChI=1S/C20H19FN6O2S/c1-12(21)18(28)22-13-4-3-5-14(10-13)29-19-15-11-30-9-7-16(15)23-20(25-19)24-17-6-8-27(2)26-17/h3-6,8,10H,1,7,9,11H2,2H3,(H,22,28)(H,23,24,25,26). The second kappa shape index (κ2) is 8.54. The van der Waals surface area contributed by atoms with Crippen LogP contribution in [0.25, 0.3) is 0 Å². The highest BCUT2D eigenvalue weighted by Gasteiger charge is 2.20. The van der Waals surface area contributed by atoms with Crippen molar-refractivity contribution >= 4 is 35.1 Å². The van der Waals surface area contributed by atoms with E-state index in [1.54, 1.807) is 40.7 Å². The maximum absolute atomic E-state index is 13.0. The van der Waals surface area contributed by atoms with E-state index in [9.17, 15) is 9.18 Å². The van der Waals surface area contributed by atoms with E-state index in [0.717, 1.165) is 29.2 Å². The number of nitrogens with zero attached hydrogens (tertiary/aromatic N) is 4. The third-order valence-electron chi connectivity index (χ3n) is 4.29. The van der Waals surface area contributed by atoms with Gasteiger partial charge in [0.05, 0.1) is 5.69 Å². The Morgan fingerprint density at radius 3 is 2.97 bits per heavy atom. The maximum atomic E-state index is 13.0. The molecule has 10 heteroatoms. The van der Waals surface area contributed by atoms with Gasteiger partial charge in [-0.1, -0.05) is 12.6 Å². The fourth-order valence-electron chi connectivity index (χ4n) is 2.89. The fourth-order valence-corrected chi connectivity index (χ4v) is 3.86. The Hall–Kier alpha value is -3.40. The number of benzene rings is 1. The smallest absolute Gasteiger partial charge is 0.283 e. The average molecular weight is 426 g/mol. The molecule has 0 spiro atoms. The molecule has 8 nitrogen and oxygen atoms in total. The Morgan fingerprint density at radius 2 is 2.20 bits per heavy atom. The average Bonchev–Trinajstić information content (AvgIpc) is 3.12. The SMILES string of the molecule is C=C(F)C(=O)Nc1cccc(Oc2nc(Nc3ccn(C)n3)nc3c2CSCC3)c1. The molecular formula is C20H19FN6O2S. The normalized spacial score (nSPS) is 12.7. The Balaban J connectivity index is 1.62. The van der Waals surface area contributed by atoms with Crippen LogP contribution in [0.15, 0.2) is 48.9 Å². The summed E-state index contributed by atoms with van der Waals surface area (Å²) in [6.07, 6.45) is 2.63. The predicted molar refractivity (Wildman–Crippen MR) is 114 cm³/mol. The highest BCUT2D eigenvalue weighted by Crippen LogP contribution is 2.34. The Bertz CT molecular complexity index is 1120. The lowest BCUT2D eigenvalue weighted by Crippen LogP contribution is -2.12. The van der Waals surface area contributed by atoms with Crippen molar-refractivity contribution in [3.63, 3.8) is 0 Å². The minimum Gasteiger partial charge on any atom is -0.438 e. The van der Waals surface area contributed by atoms with Gasteiger partial charge in [-0.25, -0.2) is 9.37 Å². The number of thioether (sulfide) groups is 1. The Labute approximate surface area is 176 Å². The highest BCUT2D eigenvalue weighted by atomic mass is 32.2. The molecule has 1 aliphatic heterocycles. The number of anilines is 3. The summed E-state index contributed by atoms with van der Waals surface area (Å²) < 4.78 is 20.7. The molecule has 1 aliphatic rings. The predicted octanol–water partition coefficient (Wildman–Crippen LogP) is 3.96. The van der Waals surface area contributed by atoms with Gasteiger partial charge in [0.1, 0.15) is 5.75 Å². The molecule has 30 heavy (non-hydrogen) atoms. The van der Waals surface area contributed by atoms with Gasteiger partial charge in [0.25, 0.3) is 5.91 Å². The molecule has 0 atom stereocenters. The van der Waals surface area contributed by atoms with E-state index >= 15 is 0 Å². The van der Waals surface area contributed by atoms with Gasteiger partial charge in [-0.05, 0) is 24.3 Å². The van der Waals surface area contributed by atoms with Gasteiger partial charge in [0.2, 0.25) is 11.8 Å². The molecule has 0 bridgehead atoms. The number of halogens is 1. The first-order valence-corrected chi connectivity index (χ1v) is 10.3. The molecule has 0 aliphatic carbocycles. The van der Waals surface area contributed by atoms with Crippen molar-refractivity contribution in [2.75, 3.05) is 16.4 Å². The minimum absolute atomic E-state index is 0.389. The van der Waals surface area contributed by atoms with E-state index in [0.29, 0.717) is 29.1 Å². The summed E-state index contributed by atoms with van der Waals surface area (Å²) in [6.45, 7) is 2.99. The number of carbonyl (C=O) groups excluding carboxylic acids is 1. The number of aromatic nitrogens is 4. The first-order chi connectivity index (χ1) is 14.5. The van der Waals surface area contributed by atoms with Crippen LogP contribution in [0.3, 0.4) is 0 Å². The second-order valence-electron chi connectivity index (χ2n) is 6.57. The third-order valence-corrected chi connectivity index (χ3v) is 5.28. The van der Waals surface area contributed by atoms with Crippen LogP contribution in [0.1, 0.15) is 11.3 Å². The summed E-state index contributed by atoms with van der Waals surface area (Å²) in [5.41, 5.74) is 2.25. The van der Waals surface area contributed by atoms with Crippen molar-refractivity contribution in [1.29, 1.82) is 0 Å². The van der Waals surface area contributed by atoms with Crippen LogP contribution >= 0.6 is 11.8 Å². The monoisotopic (exact) mass is 426 g/mol. The first-order valence-electron chi connectivity index (χ1n) is 9.16. The summed E-state index contributed by atoms with van der Waals surface area (Å²) in [5, 5.41) is 9.81. The van der Waals surface area contributed by atoms with Crippen LogP contribution < -0.4 is 15.4 Å². The molecule has 3 heterocycles. The lowest BCUT2D eigenvalue weighted by atomic mass is 10.2. The van der Waals surface area contributed by atoms with Gasteiger partial charge in [-0.2, -0.15) is 21.8 Å². The molecule has 1 aromatic carbocycles. The molecule has 0 radical (unpaired) electrons. The van der Waals surface area contributed by atoms with Gasteiger partial charge >= 0.3 is 0 Å². The summed E-state index contributed by atoms with van der Waals surface area (Å²) >= 11 is 1.79. The largest absolute Gasteiger partial charge is 0.438 e. The lowest BCUT2D eigenvalue weighted by molar-refractivity contribution is -0.114. The van der Waals surface area contributed by atoms with E-state index in [-0.39, 0.29) is 0 Å². The van der Waals surface area contributed by atoms with Crippen molar-refractivity contribution in [3.05, 3.63) is 60.2 Å². The molecule has 2 aromatic heterocycles. The topological polar surface area (TPSA) is 94.0 Å². The van der Waals surface area contributed by atoms with E-state index < -0.39 is 11.7 Å². The zero-order valence-electron chi connectivity index (χ0n) is 16.2. The number of nitrogens with one attached hydrogen (secondary N) is 2. The molecule has 3 aromatic rings. The molecule has 2 N–H and O–H groups in total. The van der Waals surface area contributed by atoms with Gasteiger partial charge in [0, 0.05) is 42.4 Å². The first kappa shape index (κ1) is 19.9. The molecule has 0 fully saturated rings. The van der Waals surface area contributed by atoms with Gasteiger partial charge in [-0.3, -0.25) is 9.48 Å². The van der Waals surface area contributed by atoms with Crippen LogP contribution in [0.4, 0.5) is 21.8 Å². The van der Waals surface area contributed by atoms with E-state index in [1.165, 1.54) is 0 Å². The van der Waals surface area contributed by atoms with Crippen molar-refractivity contribution in [3.8, 4) is 11.6 Å². The zero-order valence-corrected chi connectivity index (χ0v) is 17.0. The maximum Gasteiger partial charge on any atom is 0.283 e. The van der Waals surface area contributed by atoms with Crippen molar-refractivity contribution in [2.45, 2.75) is 12.2 Å². The molecule has 1 amide bonds.